The van der Waals surface area contributed by atoms with Crippen LogP contribution in [0.5, 0.6) is 5.75 Å². The Morgan fingerprint density at radius 2 is 1.94 bits per heavy atom. The van der Waals surface area contributed by atoms with Gasteiger partial charge in [-0.15, -0.1) is 0 Å². The fraction of sp³-hybridized carbons (Fsp3) is 0.320. The second-order valence-corrected chi connectivity index (χ2v) is 8.52. The molecule has 1 atom stereocenters. The monoisotopic (exact) mass is 447 g/mol. The number of para-hydroxylation sites is 2. The molecule has 33 heavy (non-hydrogen) atoms. The number of hydrogen-bond donors (Lipinski definition) is 0. The average molecular weight is 448 g/mol. The van der Waals surface area contributed by atoms with Crippen LogP contribution in [0.3, 0.4) is 0 Å². The van der Waals surface area contributed by atoms with Crippen LogP contribution in [0.4, 0.5) is 10.1 Å². The van der Waals surface area contributed by atoms with Crippen molar-refractivity contribution < 1.29 is 9.13 Å². The zero-order valence-electron chi connectivity index (χ0n) is 19.0. The lowest BCUT2D eigenvalue weighted by atomic mass is 10.2. The molecular formula is C25H26FN5O2. The van der Waals surface area contributed by atoms with Gasteiger partial charge in [-0.1, -0.05) is 18.2 Å². The number of fused-ring (bicyclic) bond motifs is 1. The quantitative estimate of drug-likeness (QED) is 0.465. The van der Waals surface area contributed by atoms with E-state index in [0.29, 0.717) is 31.1 Å². The van der Waals surface area contributed by atoms with E-state index in [2.05, 4.69) is 10.2 Å². The molecule has 3 heterocycles. The van der Waals surface area contributed by atoms with Gasteiger partial charge in [0, 0.05) is 19.3 Å². The number of aromatic nitrogens is 4. The van der Waals surface area contributed by atoms with Gasteiger partial charge in [0.25, 0.3) is 0 Å². The lowest BCUT2D eigenvalue weighted by molar-refractivity contribution is 0.417. The molecule has 0 amide bonds. The fourth-order valence-corrected chi connectivity index (χ4v) is 4.88. The molecule has 2 aromatic carbocycles. The number of methoxy groups -OCH3 is 1. The number of anilines is 1. The smallest absolute Gasteiger partial charge is 0.329 e. The molecule has 8 heteroatoms. The topological polar surface area (TPSA) is 65.2 Å². The summed E-state index contributed by atoms with van der Waals surface area (Å²) in [5.41, 5.74) is 4.62. The van der Waals surface area contributed by atoms with Gasteiger partial charge < -0.3 is 9.64 Å². The fourth-order valence-electron chi connectivity index (χ4n) is 4.88. The first kappa shape index (κ1) is 21.2. The maximum atomic E-state index is 14.6. The van der Waals surface area contributed by atoms with Gasteiger partial charge in [-0.25, -0.2) is 9.18 Å². The van der Waals surface area contributed by atoms with Crippen LogP contribution in [0, 0.1) is 19.7 Å². The van der Waals surface area contributed by atoms with Crippen molar-refractivity contribution in [2.45, 2.75) is 32.9 Å². The molecule has 0 unspecified atom stereocenters. The predicted octanol–water partition coefficient (Wildman–Crippen LogP) is 3.86. The average Bonchev–Trinajstić information content (AvgIpc) is 3.37. The van der Waals surface area contributed by atoms with Gasteiger partial charge in [0.1, 0.15) is 17.1 Å². The zero-order chi connectivity index (χ0) is 23.1. The number of hydrogen-bond acceptors (Lipinski definition) is 5. The molecule has 0 N–H and O–H groups in total. The first-order valence-electron chi connectivity index (χ1n) is 11.0. The Morgan fingerprint density at radius 3 is 2.70 bits per heavy atom. The highest BCUT2D eigenvalue weighted by atomic mass is 19.1. The molecule has 0 bridgehead atoms. The van der Waals surface area contributed by atoms with E-state index < -0.39 is 0 Å². The second-order valence-electron chi connectivity index (χ2n) is 8.52. The first-order valence-corrected chi connectivity index (χ1v) is 11.0. The van der Waals surface area contributed by atoms with E-state index in [9.17, 15) is 9.18 Å². The van der Waals surface area contributed by atoms with Crippen molar-refractivity contribution in [3.05, 3.63) is 81.8 Å². The number of rotatable bonds is 5. The molecule has 0 spiro atoms. The van der Waals surface area contributed by atoms with Gasteiger partial charge in [-0.05, 0) is 55.7 Å². The Balaban J connectivity index is 1.60. The van der Waals surface area contributed by atoms with Gasteiger partial charge >= 0.3 is 5.69 Å². The Bertz CT molecular complexity index is 1370. The van der Waals surface area contributed by atoms with Gasteiger partial charge in [-0.2, -0.15) is 10.2 Å². The highest BCUT2D eigenvalue weighted by Crippen LogP contribution is 2.34. The minimum atomic E-state index is -0.231. The van der Waals surface area contributed by atoms with Crippen molar-refractivity contribution in [1.82, 2.24) is 19.3 Å². The summed E-state index contributed by atoms with van der Waals surface area (Å²) in [5, 5.41) is 8.24. The second kappa shape index (κ2) is 8.35. The van der Waals surface area contributed by atoms with Crippen molar-refractivity contribution in [3.63, 3.8) is 0 Å². The molecule has 0 aliphatic carbocycles. The van der Waals surface area contributed by atoms with Crippen molar-refractivity contribution in [2.24, 2.45) is 0 Å². The van der Waals surface area contributed by atoms with E-state index in [4.69, 9.17) is 4.74 Å². The van der Waals surface area contributed by atoms with Crippen LogP contribution in [-0.4, -0.2) is 39.5 Å². The number of benzene rings is 2. The minimum absolute atomic E-state index is 0.0877. The van der Waals surface area contributed by atoms with Crippen LogP contribution in [0.1, 0.15) is 29.3 Å². The molecule has 0 radical (unpaired) electrons. The van der Waals surface area contributed by atoms with Crippen molar-refractivity contribution in [1.29, 1.82) is 0 Å². The molecule has 5 rings (SSSR count). The van der Waals surface area contributed by atoms with Crippen LogP contribution in [-0.2, 0) is 6.54 Å². The Labute approximate surface area is 191 Å². The molecule has 1 saturated heterocycles. The van der Waals surface area contributed by atoms with Gasteiger partial charge in [0.05, 0.1) is 36.6 Å². The lowest BCUT2D eigenvalue weighted by Gasteiger charge is -2.21. The van der Waals surface area contributed by atoms with Crippen LogP contribution in [0.2, 0.25) is 0 Å². The summed E-state index contributed by atoms with van der Waals surface area (Å²) in [5.74, 6) is 0.398. The summed E-state index contributed by atoms with van der Waals surface area (Å²) in [6.07, 6.45) is 2.39. The lowest BCUT2D eigenvalue weighted by Crippen LogP contribution is -2.30. The first-order chi connectivity index (χ1) is 16.0. The molecule has 170 valence electrons. The molecule has 7 nitrogen and oxygen atoms in total. The largest absolute Gasteiger partial charge is 0.494 e. The maximum Gasteiger partial charge on any atom is 0.329 e. The van der Waals surface area contributed by atoms with Gasteiger partial charge in [0.15, 0.2) is 0 Å². The van der Waals surface area contributed by atoms with E-state index in [1.54, 1.807) is 23.9 Å². The van der Waals surface area contributed by atoms with Gasteiger partial charge in [-0.3, -0.25) is 9.13 Å². The highest BCUT2D eigenvalue weighted by Gasteiger charge is 2.31. The third-order valence-electron chi connectivity index (χ3n) is 6.53. The summed E-state index contributed by atoms with van der Waals surface area (Å²) < 4.78 is 23.8. The van der Waals surface area contributed by atoms with Crippen molar-refractivity contribution >= 4 is 16.7 Å². The number of nitrogens with zero attached hydrogens (tertiary/aromatic N) is 5. The third kappa shape index (κ3) is 3.55. The van der Waals surface area contributed by atoms with E-state index in [1.165, 1.54) is 6.07 Å². The number of aryl methyl sites for hydroxylation is 2. The molecule has 2 aromatic heterocycles. The molecule has 0 saturated carbocycles. The van der Waals surface area contributed by atoms with E-state index in [1.807, 2.05) is 53.6 Å². The van der Waals surface area contributed by atoms with E-state index in [0.717, 1.165) is 34.3 Å². The number of imidazole rings is 1. The molecule has 4 aromatic rings. The molecule has 1 aliphatic heterocycles. The number of halogens is 1. The van der Waals surface area contributed by atoms with Crippen LogP contribution in [0.25, 0.3) is 11.0 Å². The molecule has 1 aliphatic rings. The molecular weight excluding hydrogens is 421 g/mol. The normalized spacial score (nSPS) is 16.0. The van der Waals surface area contributed by atoms with E-state index >= 15 is 0 Å². The third-order valence-corrected chi connectivity index (χ3v) is 6.53. The standard InChI is InChI=1S/C25H26FN5O2/c1-16-10-12-27-28-20(16)15-30-24-21(8-5-9-22(24)33-3)31(25(30)32)18-11-13-29(14-18)23-17(2)6-4-7-19(23)26/h4-10,12,18H,11,13-15H2,1-3H3/t18-/m1/s1. The summed E-state index contributed by atoms with van der Waals surface area (Å²) in [7, 11) is 1.60. The summed E-state index contributed by atoms with van der Waals surface area (Å²) in [6.45, 7) is 5.40. The highest BCUT2D eigenvalue weighted by molar-refractivity contribution is 5.83. The van der Waals surface area contributed by atoms with Crippen molar-refractivity contribution in [3.8, 4) is 5.75 Å². The van der Waals surface area contributed by atoms with Crippen LogP contribution in [0.15, 0.2) is 53.5 Å². The van der Waals surface area contributed by atoms with Crippen molar-refractivity contribution in [2.75, 3.05) is 25.1 Å². The summed E-state index contributed by atoms with van der Waals surface area (Å²) >= 11 is 0. The molecule has 1 fully saturated rings. The summed E-state index contributed by atoms with van der Waals surface area (Å²) in [6, 6.07) is 12.6. The Kier molecular flexibility index (Phi) is 5.36. The maximum absolute atomic E-state index is 14.6. The minimum Gasteiger partial charge on any atom is -0.494 e. The SMILES string of the molecule is COc1cccc2c1n(Cc1nnccc1C)c(=O)n2[C@@H]1CCN(c2c(C)cccc2F)C1. The number of ether oxygens (including phenoxy) is 1. The summed E-state index contributed by atoms with van der Waals surface area (Å²) in [4.78, 5) is 15.8. The van der Waals surface area contributed by atoms with E-state index in [-0.39, 0.29) is 17.5 Å². The van der Waals surface area contributed by atoms with Gasteiger partial charge in [0.2, 0.25) is 0 Å². The van der Waals surface area contributed by atoms with Crippen LogP contribution < -0.4 is 15.3 Å². The Morgan fingerprint density at radius 1 is 1.12 bits per heavy atom. The van der Waals surface area contributed by atoms with Crippen LogP contribution >= 0.6 is 0 Å². The zero-order valence-corrected chi connectivity index (χ0v) is 19.0. The Hall–Kier alpha value is -3.68. The predicted molar refractivity (Wildman–Crippen MR) is 126 cm³/mol.